The van der Waals surface area contributed by atoms with Crippen LogP contribution in [0.4, 0.5) is 0 Å². The molecule has 3 aromatic heterocycles. The van der Waals surface area contributed by atoms with Gasteiger partial charge < -0.3 is 9.13 Å². The Hall–Kier alpha value is -6.72. The van der Waals surface area contributed by atoms with E-state index in [2.05, 4.69) is 184 Å². The third kappa shape index (κ3) is 4.26. The summed E-state index contributed by atoms with van der Waals surface area (Å²) in [7, 11) is 0. The van der Waals surface area contributed by atoms with E-state index >= 15 is 0 Å². The maximum absolute atomic E-state index is 4.88. The fraction of sp³-hybridized carbons (Fsp3) is 0. The van der Waals surface area contributed by atoms with Gasteiger partial charge in [-0.05, 0) is 60.7 Å². The van der Waals surface area contributed by atoms with Gasteiger partial charge >= 0.3 is 0 Å². The highest BCUT2D eigenvalue weighted by atomic mass is 15.3. The number of fused-ring (bicyclic) bond motifs is 6. The second-order valence-corrected chi connectivity index (χ2v) is 12.4. The zero-order valence-electron chi connectivity index (χ0n) is 26.5. The molecule has 0 amide bonds. The molecule has 10 rings (SSSR count). The molecule has 0 atom stereocenters. The zero-order valence-corrected chi connectivity index (χ0v) is 26.5. The van der Waals surface area contributed by atoms with E-state index < -0.39 is 0 Å². The smallest absolute Gasteiger partial charge is 0.168 e. The molecule has 0 bridgehead atoms. The molecular formula is C44H29N5. The SMILES string of the molecule is c1ccc(-n2c(-c3cccc(-n4c5ccccc5c5ccccc54)c3)nnc2-c2cccc(-n3c4ccccc4c4ccccc43)c2)cc1. The molecule has 0 saturated carbocycles. The van der Waals surface area contributed by atoms with Gasteiger partial charge in [0.2, 0.25) is 0 Å². The number of nitrogens with zero attached hydrogens (tertiary/aromatic N) is 5. The fourth-order valence-corrected chi connectivity index (χ4v) is 7.45. The highest BCUT2D eigenvalue weighted by molar-refractivity contribution is 6.10. The van der Waals surface area contributed by atoms with Crippen LogP contribution in [0.15, 0.2) is 176 Å². The standard InChI is InChI=1S/C44H29N5/c1-2-16-32(17-3-1)49-43(30-14-12-18-33(28-30)47-39-24-8-4-20-35(39)36-21-5-9-25-40(36)47)45-46-44(49)31-15-13-19-34(29-31)48-41-26-10-6-22-37(41)38-23-7-11-27-42(38)48/h1-29H. The molecule has 0 aliphatic carbocycles. The molecule has 0 unspecified atom stereocenters. The topological polar surface area (TPSA) is 40.6 Å². The first kappa shape index (κ1) is 27.4. The van der Waals surface area contributed by atoms with Gasteiger partial charge in [0.1, 0.15) is 0 Å². The van der Waals surface area contributed by atoms with Gasteiger partial charge in [-0.25, -0.2) is 0 Å². The summed E-state index contributed by atoms with van der Waals surface area (Å²) in [6.07, 6.45) is 0. The van der Waals surface area contributed by atoms with Crippen LogP contribution in [-0.4, -0.2) is 23.9 Å². The molecule has 0 aliphatic heterocycles. The number of hydrogen-bond donors (Lipinski definition) is 0. The Morgan fingerprint density at radius 2 is 0.633 bits per heavy atom. The van der Waals surface area contributed by atoms with Crippen molar-refractivity contribution in [2.24, 2.45) is 0 Å². The van der Waals surface area contributed by atoms with E-state index in [1.54, 1.807) is 0 Å². The molecule has 0 saturated heterocycles. The molecule has 3 heterocycles. The van der Waals surface area contributed by atoms with Crippen molar-refractivity contribution in [1.82, 2.24) is 23.9 Å². The summed E-state index contributed by atoms with van der Waals surface area (Å²) in [5.41, 5.74) is 9.82. The lowest BCUT2D eigenvalue weighted by molar-refractivity contribution is 1.07. The Balaban J connectivity index is 1.16. The van der Waals surface area contributed by atoms with Gasteiger partial charge in [-0.1, -0.05) is 115 Å². The first-order valence-electron chi connectivity index (χ1n) is 16.5. The largest absolute Gasteiger partial charge is 0.309 e. The van der Waals surface area contributed by atoms with Gasteiger partial charge in [0.15, 0.2) is 11.6 Å². The minimum absolute atomic E-state index is 0.783. The van der Waals surface area contributed by atoms with Crippen LogP contribution >= 0.6 is 0 Å². The van der Waals surface area contributed by atoms with Gasteiger partial charge in [-0.15, -0.1) is 10.2 Å². The molecule has 7 aromatic carbocycles. The van der Waals surface area contributed by atoms with E-state index in [0.29, 0.717) is 0 Å². The van der Waals surface area contributed by atoms with Crippen LogP contribution in [-0.2, 0) is 0 Å². The van der Waals surface area contributed by atoms with Crippen molar-refractivity contribution in [3.05, 3.63) is 176 Å². The normalized spacial score (nSPS) is 11.7. The predicted octanol–water partition coefficient (Wildman–Crippen LogP) is 10.8. The summed E-state index contributed by atoms with van der Waals surface area (Å²) in [5.74, 6) is 1.57. The maximum Gasteiger partial charge on any atom is 0.168 e. The molecule has 0 radical (unpaired) electrons. The third-order valence-electron chi connectivity index (χ3n) is 9.56. The lowest BCUT2D eigenvalue weighted by Gasteiger charge is -2.14. The average Bonchev–Trinajstić information content (AvgIpc) is 3.86. The van der Waals surface area contributed by atoms with Crippen LogP contribution < -0.4 is 0 Å². The van der Waals surface area contributed by atoms with E-state index in [-0.39, 0.29) is 0 Å². The molecule has 5 heteroatoms. The van der Waals surface area contributed by atoms with Crippen LogP contribution in [0.1, 0.15) is 0 Å². The van der Waals surface area contributed by atoms with Crippen molar-refractivity contribution in [3.63, 3.8) is 0 Å². The van der Waals surface area contributed by atoms with Crippen molar-refractivity contribution in [1.29, 1.82) is 0 Å². The van der Waals surface area contributed by atoms with E-state index in [1.165, 1.54) is 43.6 Å². The lowest BCUT2D eigenvalue weighted by Crippen LogP contribution is -2.02. The number of hydrogen-bond acceptors (Lipinski definition) is 2. The van der Waals surface area contributed by atoms with Gasteiger partial charge in [0.25, 0.3) is 0 Å². The predicted molar refractivity (Wildman–Crippen MR) is 201 cm³/mol. The van der Waals surface area contributed by atoms with Crippen molar-refractivity contribution < 1.29 is 0 Å². The monoisotopic (exact) mass is 627 g/mol. The second-order valence-electron chi connectivity index (χ2n) is 12.4. The van der Waals surface area contributed by atoms with E-state index in [9.17, 15) is 0 Å². The van der Waals surface area contributed by atoms with E-state index in [1.807, 2.05) is 6.07 Å². The molecule has 5 nitrogen and oxygen atoms in total. The molecule has 230 valence electrons. The molecule has 10 aromatic rings. The minimum atomic E-state index is 0.783. The van der Waals surface area contributed by atoms with Gasteiger partial charge in [0.05, 0.1) is 22.1 Å². The van der Waals surface area contributed by atoms with Gasteiger partial charge in [-0.3, -0.25) is 4.57 Å². The number of aromatic nitrogens is 5. The first-order chi connectivity index (χ1) is 24.3. The van der Waals surface area contributed by atoms with Crippen LogP contribution in [0.2, 0.25) is 0 Å². The maximum atomic E-state index is 4.88. The summed E-state index contributed by atoms with van der Waals surface area (Å²) < 4.78 is 6.86. The fourth-order valence-electron chi connectivity index (χ4n) is 7.45. The van der Waals surface area contributed by atoms with Crippen LogP contribution in [0.3, 0.4) is 0 Å². The summed E-state index contributed by atoms with van der Waals surface area (Å²) in [6, 6.07) is 62.1. The summed E-state index contributed by atoms with van der Waals surface area (Å²) in [6.45, 7) is 0. The summed E-state index contributed by atoms with van der Waals surface area (Å²) in [4.78, 5) is 0. The average molecular weight is 628 g/mol. The van der Waals surface area contributed by atoms with Crippen molar-refractivity contribution >= 4 is 43.6 Å². The Morgan fingerprint density at radius 1 is 0.286 bits per heavy atom. The van der Waals surface area contributed by atoms with Gasteiger partial charge in [0, 0.05) is 49.7 Å². The molecule has 0 N–H and O–H groups in total. The molecule has 0 spiro atoms. The summed E-state index contributed by atoms with van der Waals surface area (Å²) >= 11 is 0. The van der Waals surface area contributed by atoms with Crippen LogP contribution in [0, 0.1) is 0 Å². The highest BCUT2D eigenvalue weighted by Crippen LogP contribution is 2.36. The molecule has 49 heavy (non-hydrogen) atoms. The Morgan fingerprint density at radius 3 is 1.04 bits per heavy atom. The number of para-hydroxylation sites is 5. The van der Waals surface area contributed by atoms with Crippen LogP contribution in [0.25, 0.3) is 83.4 Å². The van der Waals surface area contributed by atoms with Crippen molar-refractivity contribution in [2.45, 2.75) is 0 Å². The number of benzene rings is 7. The highest BCUT2D eigenvalue weighted by Gasteiger charge is 2.20. The van der Waals surface area contributed by atoms with Crippen molar-refractivity contribution in [3.8, 4) is 39.8 Å². The van der Waals surface area contributed by atoms with Gasteiger partial charge in [-0.2, -0.15) is 0 Å². The van der Waals surface area contributed by atoms with E-state index in [0.717, 1.165) is 39.8 Å². The Bertz CT molecular complexity index is 2550. The van der Waals surface area contributed by atoms with Crippen LogP contribution in [0.5, 0.6) is 0 Å². The Labute approximate surface area is 282 Å². The minimum Gasteiger partial charge on any atom is -0.309 e. The molecule has 0 fully saturated rings. The lowest BCUT2D eigenvalue weighted by atomic mass is 10.1. The second kappa shape index (κ2) is 10.9. The molecular weight excluding hydrogens is 599 g/mol. The van der Waals surface area contributed by atoms with E-state index in [4.69, 9.17) is 10.2 Å². The quantitative estimate of drug-likeness (QED) is 0.190. The zero-order chi connectivity index (χ0) is 32.3. The third-order valence-corrected chi connectivity index (χ3v) is 9.56. The Kier molecular flexibility index (Phi) is 6.11. The molecule has 0 aliphatic rings. The number of rotatable bonds is 5. The van der Waals surface area contributed by atoms with Crippen molar-refractivity contribution in [2.75, 3.05) is 0 Å². The first-order valence-corrected chi connectivity index (χ1v) is 16.5. The summed E-state index contributed by atoms with van der Waals surface area (Å²) in [5, 5.41) is 14.7.